The standard InChI is InChI=1S/C38H40F3N3O7/c1-21-5-2-3-7-24(21)18-44(26-12-13-26)36(47)31-27(17-25-19-43(20-30(31)42-25)37(48)33(45)34(46)38(49)50)23-10-8-22(9-11-23)6-4-16-51-35-29(40)15-14-28(39)32(35)41/h2-3,5,7-11,14-15,25-26,30,33-34,42,45-46H,4,6,12-13,16-20H2,1H3,(H,49,50)/t25-,30-,33+,34+/m1/s1. The molecule has 0 radical (unpaired) electrons. The Hall–Kier alpha value is -4.72. The summed E-state index contributed by atoms with van der Waals surface area (Å²) in [6, 6.07) is 16.1. The highest BCUT2D eigenvalue weighted by Crippen LogP contribution is 2.38. The van der Waals surface area contributed by atoms with Gasteiger partial charge in [-0.2, -0.15) is 4.39 Å². The Morgan fingerprint density at radius 3 is 2.35 bits per heavy atom. The summed E-state index contributed by atoms with van der Waals surface area (Å²) in [7, 11) is 0. The number of carbonyl (C=O) groups is 3. The largest absolute Gasteiger partial charge is 0.488 e. The van der Waals surface area contributed by atoms with Crippen LogP contribution in [0.2, 0.25) is 0 Å². The predicted octanol–water partition coefficient (Wildman–Crippen LogP) is 3.75. The first kappa shape index (κ1) is 36.1. The summed E-state index contributed by atoms with van der Waals surface area (Å²) in [5.41, 5.74) is 5.09. The summed E-state index contributed by atoms with van der Waals surface area (Å²) < 4.78 is 46.6. The zero-order valence-electron chi connectivity index (χ0n) is 28.0. The van der Waals surface area contributed by atoms with E-state index in [0.717, 1.165) is 46.7 Å². The number of carboxylic acids is 1. The molecule has 51 heavy (non-hydrogen) atoms. The van der Waals surface area contributed by atoms with Crippen molar-refractivity contribution >= 4 is 23.4 Å². The van der Waals surface area contributed by atoms with Gasteiger partial charge in [-0.3, -0.25) is 9.59 Å². The molecule has 0 spiro atoms. The van der Waals surface area contributed by atoms with Crippen LogP contribution in [0.5, 0.6) is 5.75 Å². The van der Waals surface area contributed by atoms with Crippen LogP contribution in [0.15, 0.2) is 66.2 Å². The molecule has 2 heterocycles. The normalized spacial score (nSPS) is 19.8. The van der Waals surface area contributed by atoms with Gasteiger partial charge in [0, 0.05) is 37.3 Å². The molecule has 2 amide bonds. The van der Waals surface area contributed by atoms with Crippen molar-refractivity contribution in [3.05, 3.63) is 106 Å². The number of aryl methyl sites for hydroxylation is 2. The number of fused-ring (bicyclic) bond motifs is 2. The smallest absolute Gasteiger partial charge is 0.335 e. The number of hydrogen-bond acceptors (Lipinski definition) is 7. The number of hydrogen-bond donors (Lipinski definition) is 4. The van der Waals surface area contributed by atoms with Crippen molar-refractivity contribution in [2.75, 3.05) is 19.7 Å². The minimum Gasteiger partial charge on any atom is -0.488 e. The summed E-state index contributed by atoms with van der Waals surface area (Å²) in [6.07, 6.45) is -1.45. The number of piperazine rings is 1. The van der Waals surface area contributed by atoms with Gasteiger partial charge in [-0.25, -0.2) is 13.6 Å². The van der Waals surface area contributed by atoms with Gasteiger partial charge in [0.1, 0.15) is 0 Å². The van der Waals surface area contributed by atoms with Crippen LogP contribution in [0, 0.1) is 24.4 Å². The van der Waals surface area contributed by atoms with Gasteiger partial charge in [-0.1, -0.05) is 48.5 Å². The number of amides is 2. The number of nitrogens with zero attached hydrogens (tertiary/aromatic N) is 2. The highest BCUT2D eigenvalue weighted by atomic mass is 19.2. The monoisotopic (exact) mass is 707 g/mol. The molecule has 0 unspecified atom stereocenters. The molecular formula is C38H40F3N3O7. The number of rotatable bonds is 13. The van der Waals surface area contributed by atoms with Crippen LogP contribution in [0.1, 0.15) is 47.9 Å². The maximum atomic E-state index is 14.7. The quantitative estimate of drug-likeness (QED) is 0.156. The van der Waals surface area contributed by atoms with Crippen LogP contribution < -0.4 is 10.1 Å². The van der Waals surface area contributed by atoms with Crippen LogP contribution in [-0.4, -0.2) is 92.9 Å². The Morgan fingerprint density at radius 1 is 0.961 bits per heavy atom. The summed E-state index contributed by atoms with van der Waals surface area (Å²) >= 11 is 0. The number of halogens is 3. The first-order valence-electron chi connectivity index (χ1n) is 17.0. The fourth-order valence-electron chi connectivity index (χ4n) is 6.85. The molecule has 1 saturated carbocycles. The average molecular weight is 708 g/mol. The second-order valence-corrected chi connectivity index (χ2v) is 13.4. The summed E-state index contributed by atoms with van der Waals surface area (Å²) in [5, 5.41) is 32.8. The molecule has 3 aromatic carbocycles. The van der Waals surface area contributed by atoms with E-state index in [4.69, 9.17) is 9.84 Å². The zero-order valence-corrected chi connectivity index (χ0v) is 28.0. The second-order valence-electron chi connectivity index (χ2n) is 13.4. The number of benzene rings is 3. The summed E-state index contributed by atoms with van der Waals surface area (Å²) in [6.45, 7) is 2.47. The molecule has 0 aromatic heterocycles. The molecule has 3 aliphatic rings. The lowest BCUT2D eigenvalue weighted by Crippen LogP contribution is -2.64. The molecule has 1 saturated heterocycles. The van der Waals surface area contributed by atoms with E-state index in [1.807, 2.05) is 60.4 Å². The minimum atomic E-state index is -2.28. The molecular weight excluding hydrogens is 667 g/mol. The van der Waals surface area contributed by atoms with Crippen molar-refractivity contribution < 1.29 is 47.6 Å². The highest BCUT2D eigenvalue weighted by Gasteiger charge is 2.45. The first-order valence-corrected chi connectivity index (χ1v) is 17.0. The van der Waals surface area contributed by atoms with E-state index in [0.29, 0.717) is 37.4 Å². The Bertz CT molecular complexity index is 1830. The molecule has 13 heteroatoms. The van der Waals surface area contributed by atoms with E-state index in [9.17, 15) is 37.8 Å². The van der Waals surface area contributed by atoms with E-state index < -0.39 is 53.3 Å². The van der Waals surface area contributed by atoms with Gasteiger partial charge in [0.15, 0.2) is 29.6 Å². The van der Waals surface area contributed by atoms with Crippen molar-refractivity contribution in [2.24, 2.45) is 0 Å². The van der Waals surface area contributed by atoms with Gasteiger partial charge < -0.3 is 35.2 Å². The second kappa shape index (κ2) is 15.3. The number of aliphatic hydroxyl groups excluding tert-OH is 2. The van der Waals surface area contributed by atoms with E-state index in [1.165, 1.54) is 4.90 Å². The highest BCUT2D eigenvalue weighted by molar-refractivity contribution is 6.03. The first-order chi connectivity index (χ1) is 24.4. The number of carboxylic acid groups (broad SMARTS) is 1. The van der Waals surface area contributed by atoms with Crippen molar-refractivity contribution in [1.82, 2.24) is 15.1 Å². The number of aliphatic hydroxyl groups is 2. The fraction of sp³-hybridized carbons (Fsp3) is 0.395. The Balaban J connectivity index is 1.25. The number of ether oxygens (including phenoxy) is 1. The predicted molar refractivity (Wildman–Crippen MR) is 180 cm³/mol. The van der Waals surface area contributed by atoms with Crippen molar-refractivity contribution in [3.8, 4) is 5.75 Å². The van der Waals surface area contributed by atoms with Crippen LogP contribution >= 0.6 is 0 Å². The van der Waals surface area contributed by atoms with E-state index in [1.54, 1.807) is 0 Å². The van der Waals surface area contributed by atoms with Gasteiger partial charge in [-0.15, -0.1) is 0 Å². The van der Waals surface area contributed by atoms with Crippen molar-refractivity contribution in [3.63, 3.8) is 0 Å². The minimum absolute atomic E-state index is 0.0171. The third-order valence-electron chi connectivity index (χ3n) is 9.76. The molecule has 10 nitrogen and oxygen atoms in total. The van der Waals surface area contributed by atoms with E-state index in [-0.39, 0.29) is 37.7 Å². The van der Waals surface area contributed by atoms with Crippen LogP contribution in [0.3, 0.4) is 0 Å². The molecule has 3 aromatic rings. The molecule has 4 atom stereocenters. The van der Waals surface area contributed by atoms with E-state index >= 15 is 0 Å². The number of nitrogens with one attached hydrogen (secondary N) is 1. The summed E-state index contributed by atoms with van der Waals surface area (Å²) in [5.74, 6) is -7.11. The van der Waals surface area contributed by atoms with Gasteiger partial charge >= 0.3 is 5.97 Å². The van der Waals surface area contributed by atoms with Crippen LogP contribution in [0.4, 0.5) is 13.2 Å². The molecule has 4 N–H and O–H groups in total. The Morgan fingerprint density at radius 2 is 1.67 bits per heavy atom. The molecule has 1 aliphatic carbocycles. The third-order valence-corrected chi connectivity index (χ3v) is 9.76. The zero-order chi connectivity index (χ0) is 36.4. The van der Waals surface area contributed by atoms with E-state index in [2.05, 4.69) is 5.32 Å². The lowest BCUT2D eigenvalue weighted by Gasteiger charge is -2.45. The van der Waals surface area contributed by atoms with Crippen molar-refractivity contribution in [1.29, 1.82) is 0 Å². The Labute approximate surface area is 293 Å². The van der Waals surface area contributed by atoms with Crippen LogP contribution in [-0.2, 0) is 27.3 Å². The Kier molecular flexibility index (Phi) is 10.8. The molecule has 2 aliphatic heterocycles. The van der Waals surface area contributed by atoms with Gasteiger partial charge in [-0.05, 0) is 79.0 Å². The van der Waals surface area contributed by atoms with Crippen molar-refractivity contribution in [2.45, 2.75) is 75.9 Å². The number of carbonyl (C=O) groups excluding carboxylic acids is 2. The van der Waals surface area contributed by atoms with Gasteiger partial charge in [0.05, 0.1) is 12.6 Å². The summed E-state index contributed by atoms with van der Waals surface area (Å²) in [4.78, 5) is 42.3. The maximum Gasteiger partial charge on any atom is 0.335 e. The maximum absolute atomic E-state index is 14.7. The molecule has 6 rings (SSSR count). The molecule has 270 valence electrons. The number of aliphatic carboxylic acids is 1. The van der Waals surface area contributed by atoms with Crippen LogP contribution in [0.25, 0.3) is 5.57 Å². The lowest BCUT2D eigenvalue weighted by atomic mass is 9.82. The van der Waals surface area contributed by atoms with Gasteiger partial charge in [0.2, 0.25) is 5.82 Å². The lowest BCUT2D eigenvalue weighted by molar-refractivity contribution is -0.163. The molecule has 2 bridgehead atoms. The third kappa shape index (κ3) is 7.95. The molecule has 2 fully saturated rings. The average Bonchev–Trinajstić information content (AvgIpc) is 3.97. The SMILES string of the molecule is Cc1ccccc1CN(C(=O)C1=C(c2ccc(CCCOc3c(F)ccc(F)c3F)cc2)C[C@@H]2CN(C(=O)[C@@H](O)[C@H](O)C(=O)O)C[C@H]1N2)C1CC1. The fourth-order valence-corrected chi connectivity index (χ4v) is 6.85. The topological polar surface area (TPSA) is 140 Å². The van der Waals surface area contributed by atoms with Gasteiger partial charge in [0.25, 0.3) is 11.8 Å².